The van der Waals surface area contributed by atoms with Gasteiger partial charge in [-0.2, -0.15) is 0 Å². The van der Waals surface area contributed by atoms with Gasteiger partial charge in [0.05, 0.1) is 0 Å². The Labute approximate surface area is 85.3 Å². The summed E-state index contributed by atoms with van der Waals surface area (Å²) in [7, 11) is 0. The summed E-state index contributed by atoms with van der Waals surface area (Å²) < 4.78 is 0. The molecule has 1 N–H and O–H groups in total. The number of hydrogen-bond acceptors (Lipinski definition) is 1. The van der Waals surface area contributed by atoms with Gasteiger partial charge in [0, 0.05) is 12.1 Å². The van der Waals surface area contributed by atoms with Crippen molar-refractivity contribution in [1.29, 1.82) is 0 Å². The van der Waals surface area contributed by atoms with Gasteiger partial charge in [-0.3, -0.25) is 4.79 Å². The van der Waals surface area contributed by atoms with Gasteiger partial charge in [-0.05, 0) is 30.5 Å². The van der Waals surface area contributed by atoms with E-state index in [1.54, 1.807) is 0 Å². The number of hydrogen-bond donors (Lipinski definition) is 1. The van der Waals surface area contributed by atoms with Crippen molar-refractivity contribution in [2.24, 2.45) is 0 Å². The second-order valence-electron chi connectivity index (χ2n) is 3.31. The average molecular weight is 191 g/mol. The molecule has 1 aromatic carbocycles. The van der Waals surface area contributed by atoms with E-state index in [1.165, 1.54) is 5.56 Å². The third kappa shape index (κ3) is 2.87. The highest BCUT2D eigenvalue weighted by Gasteiger charge is 2.03. The van der Waals surface area contributed by atoms with Crippen molar-refractivity contribution < 1.29 is 4.79 Å². The number of amides is 1. The molecule has 0 aliphatic heterocycles. The smallest absolute Gasteiger partial charge is 0.251 e. The van der Waals surface area contributed by atoms with Crippen molar-refractivity contribution in [2.75, 3.05) is 6.54 Å². The van der Waals surface area contributed by atoms with Crippen molar-refractivity contribution >= 4 is 5.91 Å². The average Bonchev–Trinajstić information content (AvgIpc) is 2.26. The minimum atomic E-state index is 0.0298. The molecule has 0 radical (unpaired) electrons. The molecule has 0 bridgehead atoms. The molecule has 14 heavy (non-hydrogen) atoms. The molecule has 0 fully saturated rings. The van der Waals surface area contributed by atoms with Crippen molar-refractivity contribution in [1.82, 2.24) is 5.32 Å². The molecule has 0 unspecified atom stereocenters. The molecule has 1 aromatic rings. The molecule has 2 nitrogen and oxygen atoms in total. The van der Waals surface area contributed by atoms with Crippen molar-refractivity contribution in [3.8, 4) is 0 Å². The fourth-order valence-electron chi connectivity index (χ4n) is 1.27. The van der Waals surface area contributed by atoms with Gasteiger partial charge in [0.2, 0.25) is 0 Å². The van der Waals surface area contributed by atoms with Crippen molar-refractivity contribution in [2.45, 2.75) is 26.7 Å². The maximum absolute atomic E-state index is 11.6. The zero-order valence-corrected chi connectivity index (χ0v) is 8.84. The Morgan fingerprint density at radius 2 is 2.14 bits per heavy atom. The summed E-state index contributed by atoms with van der Waals surface area (Å²) >= 11 is 0. The first kappa shape index (κ1) is 10.8. The lowest BCUT2D eigenvalue weighted by Gasteiger charge is -2.04. The number of carbonyl (C=O) groups excluding carboxylic acids is 1. The van der Waals surface area contributed by atoms with E-state index < -0.39 is 0 Å². The van der Waals surface area contributed by atoms with Crippen molar-refractivity contribution in [3.63, 3.8) is 0 Å². The van der Waals surface area contributed by atoms with Crippen LogP contribution < -0.4 is 5.32 Å². The van der Waals surface area contributed by atoms with Crippen LogP contribution in [0.25, 0.3) is 0 Å². The minimum absolute atomic E-state index is 0.0298. The summed E-state index contributed by atoms with van der Waals surface area (Å²) in [6.07, 6.45) is 1.94. The molecule has 0 spiro atoms. The van der Waals surface area contributed by atoms with E-state index in [-0.39, 0.29) is 5.91 Å². The Hall–Kier alpha value is -1.31. The first-order chi connectivity index (χ1) is 6.77. The number of rotatable bonds is 4. The van der Waals surface area contributed by atoms with Crippen molar-refractivity contribution in [3.05, 3.63) is 35.4 Å². The predicted octanol–water partition coefficient (Wildman–Crippen LogP) is 2.39. The van der Waals surface area contributed by atoms with Gasteiger partial charge in [0.15, 0.2) is 0 Å². The molecule has 1 amide bonds. The molecule has 1 rings (SSSR count). The third-order valence-electron chi connectivity index (χ3n) is 2.13. The van der Waals surface area contributed by atoms with E-state index in [9.17, 15) is 4.79 Å². The van der Waals surface area contributed by atoms with Crippen LogP contribution in [0, 0.1) is 0 Å². The summed E-state index contributed by atoms with van der Waals surface area (Å²) in [6, 6.07) is 7.77. The molecular formula is C12H17NO. The molecule has 0 atom stereocenters. The zero-order chi connectivity index (χ0) is 10.4. The Kier molecular flexibility index (Phi) is 4.17. The number of nitrogens with one attached hydrogen (secondary N) is 1. The van der Waals surface area contributed by atoms with E-state index >= 15 is 0 Å². The molecular weight excluding hydrogens is 174 g/mol. The van der Waals surface area contributed by atoms with E-state index in [0.717, 1.165) is 24.9 Å². The fraction of sp³-hybridized carbons (Fsp3) is 0.417. The van der Waals surface area contributed by atoms with Crippen LogP contribution in [0.15, 0.2) is 24.3 Å². The van der Waals surface area contributed by atoms with Gasteiger partial charge in [0.25, 0.3) is 5.91 Å². The van der Waals surface area contributed by atoms with E-state index in [1.807, 2.05) is 31.2 Å². The molecule has 76 valence electrons. The van der Waals surface area contributed by atoms with Gasteiger partial charge >= 0.3 is 0 Å². The van der Waals surface area contributed by atoms with Crippen LogP contribution in [-0.4, -0.2) is 12.5 Å². The molecule has 0 aliphatic carbocycles. The highest BCUT2D eigenvalue weighted by Crippen LogP contribution is 2.05. The first-order valence-electron chi connectivity index (χ1n) is 5.15. The number of carbonyl (C=O) groups is 1. The lowest BCUT2D eigenvalue weighted by molar-refractivity contribution is 0.0953. The summed E-state index contributed by atoms with van der Waals surface area (Å²) in [4.78, 5) is 11.6. The normalized spacial score (nSPS) is 9.86. The number of aryl methyl sites for hydroxylation is 1. The Morgan fingerprint density at radius 3 is 2.79 bits per heavy atom. The second kappa shape index (κ2) is 5.43. The predicted molar refractivity (Wildman–Crippen MR) is 58.4 cm³/mol. The fourth-order valence-corrected chi connectivity index (χ4v) is 1.27. The zero-order valence-electron chi connectivity index (χ0n) is 8.84. The number of benzene rings is 1. The van der Waals surface area contributed by atoms with Crippen LogP contribution >= 0.6 is 0 Å². The van der Waals surface area contributed by atoms with E-state index in [4.69, 9.17) is 0 Å². The quantitative estimate of drug-likeness (QED) is 0.778. The van der Waals surface area contributed by atoms with E-state index in [0.29, 0.717) is 0 Å². The molecule has 0 heterocycles. The Bertz CT molecular complexity index is 307. The highest BCUT2D eigenvalue weighted by molar-refractivity contribution is 5.94. The maximum Gasteiger partial charge on any atom is 0.251 e. The largest absolute Gasteiger partial charge is 0.352 e. The first-order valence-corrected chi connectivity index (χ1v) is 5.15. The van der Waals surface area contributed by atoms with Gasteiger partial charge in [0.1, 0.15) is 0 Å². The maximum atomic E-state index is 11.6. The van der Waals surface area contributed by atoms with Gasteiger partial charge < -0.3 is 5.32 Å². The Morgan fingerprint density at radius 1 is 1.36 bits per heavy atom. The van der Waals surface area contributed by atoms with Crippen LogP contribution in [0.1, 0.15) is 36.2 Å². The molecule has 0 saturated heterocycles. The lowest BCUT2D eigenvalue weighted by atomic mass is 10.1. The highest BCUT2D eigenvalue weighted by atomic mass is 16.1. The summed E-state index contributed by atoms with van der Waals surface area (Å²) in [5.74, 6) is 0.0298. The van der Waals surface area contributed by atoms with Gasteiger partial charge in [-0.15, -0.1) is 0 Å². The molecule has 0 aliphatic rings. The van der Waals surface area contributed by atoms with Gasteiger partial charge in [-0.1, -0.05) is 26.0 Å². The summed E-state index contributed by atoms with van der Waals surface area (Å²) in [5, 5.41) is 2.86. The van der Waals surface area contributed by atoms with Crippen LogP contribution in [0.3, 0.4) is 0 Å². The van der Waals surface area contributed by atoms with Crippen LogP contribution in [0.5, 0.6) is 0 Å². The topological polar surface area (TPSA) is 29.1 Å². The SMILES string of the molecule is CCCNC(=O)c1cccc(CC)c1. The standard InChI is InChI=1S/C12H17NO/c1-3-8-13-12(14)11-7-5-6-10(4-2)9-11/h5-7,9H,3-4,8H2,1-2H3,(H,13,14). The third-order valence-corrected chi connectivity index (χ3v) is 2.13. The summed E-state index contributed by atoms with van der Waals surface area (Å²) in [6.45, 7) is 4.88. The molecule has 0 saturated carbocycles. The van der Waals surface area contributed by atoms with Crippen LogP contribution in [-0.2, 0) is 6.42 Å². The molecule has 2 heteroatoms. The lowest BCUT2D eigenvalue weighted by Crippen LogP contribution is -2.23. The summed E-state index contributed by atoms with van der Waals surface area (Å²) in [5.41, 5.74) is 1.96. The van der Waals surface area contributed by atoms with E-state index in [2.05, 4.69) is 12.2 Å². The molecule has 0 aromatic heterocycles. The monoisotopic (exact) mass is 191 g/mol. The van der Waals surface area contributed by atoms with Gasteiger partial charge in [-0.25, -0.2) is 0 Å². The minimum Gasteiger partial charge on any atom is -0.352 e. The Balaban J connectivity index is 2.69. The van der Waals surface area contributed by atoms with Crippen LogP contribution in [0.2, 0.25) is 0 Å². The second-order valence-corrected chi connectivity index (χ2v) is 3.31. The van der Waals surface area contributed by atoms with Crippen LogP contribution in [0.4, 0.5) is 0 Å².